The minimum atomic E-state index is -4.97. The van der Waals surface area contributed by atoms with Crippen molar-refractivity contribution in [3.63, 3.8) is 0 Å². The molecular weight excluding hydrogens is 247 g/mol. The van der Waals surface area contributed by atoms with Crippen LogP contribution in [0.4, 0.5) is 0 Å². The van der Waals surface area contributed by atoms with Crippen molar-refractivity contribution in [2.45, 2.75) is 24.4 Å². The van der Waals surface area contributed by atoms with Crippen molar-refractivity contribution in [3.05, 3.63) is 0 Å². The molecule has 0 aliphatic carbocycles. The van der Waals surface area contributed by atoms with Crippen LogP contribution in [0.5, 0.6) is 0 Å². The third kappa shape index (κ3) is 5.10. The molecule has 0 unspecified atom stereocenters. The summed E-state index contributed by atoms with van der Waals surface area (Å²) in [5, 5.41) is 35.8. The first kappa shape index (κ1) is 15.6. The monoisotopic (exact) mass is 260 g/mol. The molecule has 96 valence electrons. The molecule has 0 radical (unpaired) electrons. The second-order valence-corrected chi connectivity index (χ2v) is 4.12. The van der Waals surface area contributed by atoms with E-state index in [0.717, 1.165) is 0 Å². The van der Waals surface area contributed by atoms with Crippen LogP contribution in [0.1, 0.15) is 0 Å². The van der Waals surface area contributed by atoms with E-state index in [4.69, 9.17) is 25.1 Å². The predicted molar refractivity (Wildman–Crippen MR) is 48.1 cm³/mol. The summed E-state index contributed by atoms with van der Waals surface area (Å²) in [6, 6.07) is 0. The van der Waals surface area contributed by atoms with Gasteiger partial charge in [-0.1, -0.05) is 0 Å². The lowest BCUT2D eigenvalue weighted by Crippen LogP contribution is -2.47. The first-order valence-electron chi connectivity index (χ1n) is 4.07. The van der Waals surface area contributed by atoms with E-state index in [1.165, 1.54) is 0 Å². The van der Waals surface area contributed by atoms with Gasteiger partial charge in [-0.15, -0.1) is 0 Å². The Labute approximate surface area is 90.2 Å². The molecule has 0 aliphatic heterocycles. The lowest BCUT2D eigenvalue weighted by molar-refractivity contribution is -0.135. The highest BCUT2D eigenvalue weighted by molar-refractivity contribution is 7.46. The lowest BCUT2D eigenvalue weighted by atomic mass is 10.0. The van der Waals surface area contributed by atoms with Crippen LogP contribution in [0, 0.1) is 0 Å². The van der Waals surface area contributed by atoms with Crippen LogP contribution in [0.25, 0.3) is 0 Å². The third-order valence-electron chi connectivity index (χ3n) is 1.67. The molecule has 0 amide bonds. The number of aliphatic hydroxyl groups excluding tert-OH is 4. The van der Waals surface area contributed by atoms with Gasteiger partial charge in [-0.2, -0.15) is 0 Å². The maximum Gasteiger partial charge on any atom is 0.470 e. The average Bonchev–Trinajstić information content (AvgIpc) is 2.21. The Morgan fingerprint density at radius 1 is 1.19 bits per heavy atom. The highest BCUT2D eigenvalue weighted by atomic mass is 31.2. The van der Waals surface area contributed by atoms with Gasteiger partial charge in [0, 0.05) is 0 Å². The van der Waals surface area contributed by atoms with Gasteiger partial charge < -0.3 is 35.0 Å². The number of rotatable bonds is 7. The van der Waals surface area contributed by atoms with Gasteiger partial charge in [0.05, 0.1) is 6.61 Å². The topological polar surface area (TPSA) is 165 Å². The summed E-state index contributed by atoms with van der Waals surface area (Å²) in [5.41, 5.74) is 0. The maximum absolute atomic E-state index is 10.4. The Morgan fingerprint density at radius 2 is 1.69 bits per heavy atom. The zero-order chi connectivity index (χ0) is 12.9. The molecular formula is C6H13O9P. The molecule has 10 heteroatoms. The third-order valence-corrected chi connectivity index (χ3v) is 2.22. The van der Waals surface area contributed by atoms with E-state index in [-0.39, 0.29) is 6.29 Å². The minimum absolute atomic E-state index is 0.0835. The highest BCUT2D eigenvalue weighted by Gasteiger charge is 2.35. The van der Waals surface area contributed by atoms with Gasteiger partial charge in [0.1, 0.15) is 24.4 Å². The van der Waals surface area contributed by atoms with Crippen molar-refractivity contribution in [2.75, 3.05) is 6.61 Å². The smallest absolute Gasteiger partial charge is 0.394 e. The minimum Gasteiger partial charge on any atom is -0.394 e. The van der Waals surface area contributed by atoms with Crippen LogP contribution in [0.3, 0.4) is 0 Å². The van der Waals surface area contributed by atoms with E-state index in [0.29, 0.717) is 0 Å². The van der Waals surface area contributed by atoms with Gasteiger partial charge in [-0.25, -0.2) is 4.57 Å². The summed E-state index contributed by atoms with van der Waals surface area (Å²) in [7, 11) is -4.97. The van der Waals surface area contributed by atoms with Crippen molar-refractivity contribution in [1.29, 1.82) is 0 Å². The fraction of sp³-hybridized carbons (Fsp3) is 0.833. The Hall–Kier alpha value is -0.380. The molecule has 16 heavy (non-hydrogen) atoms. The molecule has 9 nitrogen and oxygen atoms in total. The van der Waals surface area contributed by atoms with Crippen molar-refractivity contribution in [3.8, 4) is 0 Å². The van der Waals surface area contributed by atoms with Gasteiger partial charge >= 0.3 is 7.82 Å². The van der Waals surface area contributed by atoms with Crippen molar-refractivity contribution >= 4 is 14.1 Å². The standard InChI is InChI=1S/C6H13O9P/c7-1-3(9)5(10)6(11)4(2-8)15-16(12,13)14/h1,3-6,8-11H,2H2,(H2,12,13,14)/t3-,4-,5+,6+/m0/s1. The van der Waals surface area contributed by atoms with Crippen LogP contribution in [-0.2, 0) is 13.9 Å². The van der Waals surface area contributed by atoms with Gasteiger partial charge in [-0.3, -0.25) is 4.52 Å². The molecule has 4 atom stereocenters. The molecule has 0 spiro atoms. The molecule has 0 fully saturated rings. The van der Waals surface area contributed by atoms with Crippen molar-refractivity contribution in [1.82, 2.24) is 0 Å². The van der Waals surface area contributed by atoms with Gasteiger partial charge in [0.25, 0.3) is 0 Å². The van der Waals surface area contributed by atoms with Crippen LogP contribution in [-0.4, -0.2) is 67.5 Å². The normalized spacial score (nSPS) is 19.9. The number of phosphoric acid groups is 1. The van der Waals surface area contributed by atoms with Crippen LogP contribution >= 0.6 is 7.82 Å². The number of aldehydes is 1. The van der Waals surface area contributed by atoms with Gasteiger partial charge in [-0.05, 0) is 0 Å². The molecule has 6 N–H and O–H groups in total. The van der Waals surface area contributed by atoms with Crippen molar-refractivity contribution in [2.24, 2.45) is 0 Å². The first-order valence-corrected chi connectivity index (χ1v) is 5.60. The number of aliphatic hydroxyl groups is 4. The zero-order valence-corrected chi connectivity index (χ0v) is 8.84. The summed E-state index contributed by atoms with van der Waals surface area (Å²) in [5.74, 6) is 0. The van der Waals surface area contributed by atoms with E-state index >= 15 is 0 Å². The summed E-state index contributed by atoms with van der Waals surface area (Å²) >= 11 is 0. The number of carbonyl (C=O) groups is 1. The number of hydrogen-bond donors (Lipinski definition) is 6. The molecule has 0 aromatic carbocycles. The molecule has 0 aromatic heterocycles. The fourth-order valence-electron chi connectivity index (χ4n) is 0.882. The molecule has 0 bridgehead atoms. The largest absolute Gasteiger partial charge is 0.470 e. The van der Waals surface area contributed by atoms with E-state index in [1.807, 2.05) is 0 Å². The second kappa shape index (κ2) is 6.38. The second-order valence-electron chi connectivity index (χ2n) is 2.92. The van der Waals surface area contributed by atoms with Crippen LogP contribution in [0.15, 0.2) is 0 Å². The van der Waals surface area contributed by atoms with E-state index in [1.54, 1.807) is 0 Å². The molecule has 0 rings (SSSR count). The Kier molecular flexibility index (Phi) is 6.23. The van der Waals surface area contributed by atoms with Crippen LogP contribution in [0.2, 0.25) is 0 Å². The fourth-order valence-corrected chi connectivity index (χ4v) is 1.43. The molecule has 0 heterocycles. The average molecular weight is 260 g/mol. The number of carbonyl (C=O) groups excluding carboxylic acids is 1. The summed E-state index contributed by atoms with van der Waals surface area (Å²) in [6.07, 6.45) is -7.92. The molecule has 0 aliphatic rings. The molecule has 0 aromatic rings. The summed E-state index contributed by atoms with van der Waals surface area (Å²) in [4.78, 5) is 26.9. The molecule has 0 saturated heterocycles. The van der Waals surface area contributed by atoms with E-state index in [2.05, 4.69) is 4.52 Å². The van der Waals surface area contributed by atoms with Gasteiger partial charge in [0.2, 0.25) is 0 Å². The highest BCUT2D eigenvalue weighted by Crippen LogP contribution is 2.38. The zero-order valence-electron chi connectivity index (χ0n) is 7.95. The lowest BCUT2D eigenvalue weighted by Gasteiger charge is -2.26. The van der Waals surface area contributed by atoms with Crippen molar-refractivity contribution < 1.29 is 44.1 Å². The first-order chi connectivity index (χ1) is 7.22. The summed E-state index contributed by atoms with van der Waals surface area (Å²) < 4.78 is 14.3. The Morgan fingerprint density at radius 3 is 2.00 bits per heavy atom. The number of hydrogen-bond acceptors (Lipinski definition) is 7. The van der Waals surface area contributed by atoms with Crippen LogP contribution < -0.4 is 0 Å². The predicted octanol–water partition coefficient (Wildman–Crippen LogP) is -3.26. The maximum atomic E-state index is 10.4. The molecule has 0 saturated carbocycles. The van der Waals surface area contributed by atoms with E-state index in [9.17, 15) is 14.5 Å². The van der Waals surface area contributed by atoms with E-state index < -0.39 is 38.8 Å². The van der Waals surface area contributed by atoms with Gasteiger partial charge in [0.15, 0.2) is 6.29 Å². The SMILES string of the molecule is O=C[C@H](O)[C@@H](O)[C@H](O)[C@H](CO)OP(=O)(O)O. The number of phosphoric ester groups is 1. The Bertz CT molecular complexity index is 263. The Balaban J connectivity index is 4.58. The summed E-state index contributed by atoms with van der Waals surface area (Å²) in [6.45, 7) is -1.02. The quantitative estimate of drug-likeness (QED) is 0.203.